The number of nitrogens with zero attached hydrogens (tertiary/aromatic N) is 4. The van der Waals surface area contributed by atoms with Gasteiger partial charge in [0.15, 0.2) is 5.82 Å². The SMILES string of the molecule is CCN(C)C(C)(C)Cn1ccnc1-c1ccccn1. The van der Waals surface area contributed by atoms with E-state index in [-0.39, 0.29) is 5.54 Å². The molecule has 0 aliphatic heterocycles. The van der Waals surface area contributed by atoms with E-state index < -0.39 is 0 Å². The van der Waals surface area contributed by atoms with Crippen molar-refractivity contribution in [2.75, 3.05) is 13.6 Å². The number of imidazole rings is 1. The Hall–Kier alpha value is -1.68. The van der Waals surface area contributed by atoms with Crippen LogP contribution in [0.4, 0.5) is 0 Å². The summed E-state index contributed by atoms with van der Waals surface area (Å²) in [5.41, 5.74) is 1.00. The lowest BCUT2D eigenvalue weighted by Gasteiger charge is -2.35. The van der Waals surface area contributed by atoms with Crippen LogP contribution in [0.3, 0.4) is 0 Å². The van der Waals surface area contributed by atoms with Crippen molar-refractivity contribution in [2.45, 2.75) is 32.9 Å². The van der Waals surface area contributed by atoms with Crippen molar-refractivity contribution < 1.29 is 0 Å². The van der Waals surface area contributed by atoms with Crippen LogP contribution in [0.1, 0.15) is 20.8 Å². The zero-order chi connectivity index (χ0) is 13.9. The topological polar surface area (TPSA) is 34.0 Å². The molecule has 0 aliphatic carbocycles. The molecule has 0 fully saturated rings. The van der Waals surface area contributed by atoms with Gasteiger partial charge >= 0.3 is 0 Å². The Balaban J connectivity index is 2.26. The second-order valence-corrected chi connectivity index (χ2v) is 5.42. The van der Waals surface area contributed by atoms with Gasteiger partial charge in [-0.25, -0.2) is 4.98 Å². The van der Waals surface area contributed by atoms with Crippen LogP contribution < -0.4 is 0 Å². The molecule has 0 radical (unpaired) electrons. The first-order valence-electron chi connectivity index (χ1n) is 6.68. The fourth-order valence-corrected chi connectivity index (χ4v) is 2.13. The molecule has 0 aromatic carbocycles. The van der Waals surface area contributed by atoms with Gasteiger partial charge in [-0.1, -0.05) is 13.0 Å². The van der Waals surface area contributed by atoms with E-state index in [1.807, 2.05) is 30.6 Å². The number of hydrogen-bond donors (Lipinski definition) is 0. The highest BCUT2D eigenvalue weighted by atomic mass is 15.2. The zero-order valence-corrected chi connectivity index (χ0v) is 12.2. The smallest absolute Gasteiger partial charge is 0.158 e. The van der Waals surface area contributed by atoms with Crippen LogP contribution in [0.25, 0.3) is 11.5 Å². The van der Waals surface area contributed by atoms with E-state index >= 15 is 0 Å². The van der Waals surface area contributed by atoms with Crippen molar-refractivity contribution >= 4 is 0 Å². The lowest BCUT2D eigenvalue weighted by Crippen LogP contribution is -2.44. The average molecular weight is 258 g/mol. The minimum atomic E-state index is 0.0823. The Morgan fingerprint density at radius 1 is 1.21 bits per heavy atom. The van der Waals surface area contributed by atoms with Gasteiger partial charge in [0.25, 0.3) is 0 Å². The molecule has 0 bridgehead atoms. The summed E-state index contributed by atoms with van der Waals surface area (Å²) in [5, 5.41) is 0. The van der Waals surface area contributed by atoms with Crippen molar-refractivity contribution in [1.29, 1.82) is 0 Å². The van der Waals surface area contributed by atoms with Gasteiger partial charge in [-0.2, -0.15) is 0 Å². The second-order valence-electron chi connectivity index (χ2n) is 5.42. The van der Waals surface area contributed by atoms with Crippen LogP contribution >= 0.6 is 0 Å². The summed E-state index contributed by atoms with van der Waals surface area (Å²) < 4.78 is 2.18. The molecule has 2 aromatic heterocycles. The van der Waals surface area contributed by atoms with Crippen molar-refractivity contribution in [2.24, 2.45) is 0 Å². The molecule has 0 amide bonds. The third-order valence-corrected chi connectivity index (χ3v) is 3.67. The maximum absolute atomic E-state index is 4.44. The summed E-state index contributed by atoms with van der Waals surface area (Å²) in [6, 6.07) is 5.91. The van der Waals surface area contributed by atoms with Crippen LogP contribution in [0.15, 0.2) is 36.8 Å². The van der Waals surface area contributed by atoms with Crippen molar-refractivity contribution in [3.05, 3.63) is 36.8 Å². The molecule has 0 saturated carbocycles. The molecule has 2 rings (SSSR count). The van der Waals surface area contributed by atoms with Gasteiger partial charge in [0, 0.05) is 30.7 Å². The summed E-state index contributed by atoms with van der Waals surface area (Å²) in [7, 11) is 2.15. The largest absolute Gasteiger partial charge is 0.328 e. The molecule has 0 aliphatic rings. The number of pyridine rings is 1. The molecular formula is C15H22N4. The highest BCUT2D eigenvalue weighted by Gasteiger charge is 2.24. The van der Waals surface area contributed by atoms with Gasteiger partial charge in [0.05, 0.1) is 0 Å². The quantitative estimate of drug-likeness (QED) is 0.827. The van der Waals surface area contributed by atoms with Gasteiger partial charge in [0.1, 0.15) is 5.69 Å². The molecule has 0 unspecified atom stereocenters. The van der Waals surface area contributed by atoms with Gasteiger partial charge in [0.2, 0.25) is 0 Å². The van der Waals surface area contributed by atoms with Gasteiger partial charge in [-0.05, 0) is 39.6 Å². The minimum absolute atomic E-state index is 0.0823. The van der Waals surface area contributed by atoms with Crippen molar-refractivity contribution in [3.8, 4) is 11.5 Å². The summed E-state index contributed by atoms with van der Waals surface area (Å²) in [6.07, 6.45) is 5.67. The lowest BCUT2D eigenvalue weighted by atomic mass is 10.0. The van der Waals surface area contributed by atoms with Crippen LogP contribution in [0, 0.1) is 0 Å². The highest BCUT2D eigenvalue weighted by molar-refractivity contribution is 5.49. The number of rotatable bonds is 5. The molecule has 0 N–H and O–H groups in total. The molecule has 19 heavy (non-hydrogen) atoms. The first kappa shape index (κ1) is 13.7. The van der Waals surface area contributed by atoms with E-state index in [0.717, 1.165) is 24.6 Å². The predicted molar refractivity (Wildman–Crippen MR) is 77.8 cm³/mol. The van der Waals surface area contributed by atoms with Crippen LogP contribution in [-0.2, 0) is 6.54 Å². The number of hydrogen-bond acceptors (Lipinski definition) is 3. The number of aromatic nitrogens is 3. The van der Waals surface area contributed by atoms with Crippen LogP contribution in [0.5, 0.6) is 0 Å². The highest BCUT2D eigenvalue weighted by Crippen LogP contribution is 2.20. The third kappa shape index (κ3) is 3.01. The van der Waals surface area contributed by atoms with Gasteiger partial charge < -0.3 is 4.57 Å². The fourth-order valence-electron chi connectivity index (χ4n) is 2.13. The van der Waals surface area contributed by atoms with Gasteiger partial charge in [-0.3, -0.25) is 9.88 Å². The van der Waals surface area contributed by atoms with Crippen LogP contribution in [-0.4, -0.2) is 38.6 Å². The predicted octanol–water partition coefficient (Wildman–Crippen LogP) is 2.68. The standard InChI is InChI=1S/C15H22N4/c1-5-18(4)15(2,3)12-19-11-10-17-14(19)13-8-6-7-9-16-13/h6-11H,5,12H2,1-4H3. The van der Waals surface area contributed by atoms with Gasteiger partial charge in [-0.15, -0.1) is 0 Å². The minimum Gasteiger partial charge on any atom is -0.328 e. The Bertz CT molecular complexity index is 516. The zero-order valence-electron chi connectivity index (χ0n) is 12.2. The summed E-state index contributed by atoms with van der Waals surface area (Å²) >= 11 is 0. The van der Waals surface area contributed by atoms with Crippen molar-refractivity contribution in [1.82, 2.24) is 19.4 Å². The molecule has 0 atom stereocenters. The van der Waals surface area contributed by atoms with E-state index in [1.54, 1.807) is 6.20 Å². The maximum Gasteiger partial charge on any atom is 0.158 e. The Labute approximate surface area is 115 Å². The summed E-state index contributed by atoms with van der Waals surface area (Å²) in [4.78, 5) is 11.2. The third-order valence-electron chi connectivity index (χ3n) is 3.67. The van der Waals surface area contributed by atoms with E-state index in [9.17, 15) is 0 Å². The Morgan fingerprint density at radius 2 is 2.00 bits per heavy atom. The van der Waals surface area contributed by atoms with E-state index in [1.165, 1.54) is 0 Å². The van der Waals surface area contributed by atoms with Crippen LogP contribution in [0.2, 0.25) is 0 Å². The lowest BCUT2D eigenvalue weighted by molar-refractivity contribution is 0.143. The Kier molecular flexibility index (Phi) is 4.00. The fraction of sp³-hybridized carbons (Fsp3) is 0.467. The summed E-state index contributed by atoms with van der Waals surface area (Å²) in [5.74, 6) is 0.929. The first-order chi connectivity index (χ1) is 9.04. The molecule has 102 valence electrons. The monoisotopic (exact) mass is 258 g/mol. The van der Waals surface area contributed by atoms with E-state index in [4.69, 9.17) is 0 Å². The number of likely N-dealkylation sites (N-methyl/N-ethyl adjacent to an activating group) is 1. The summed E-state index contributed by atoms with van der Waals surface area (Å²) in [6.45, 7) is 8.59. The van der Waals surface area contributed by atoms with Crippen molar-refractivity contribution in [3.63, 3.8) is 0 Å². The maximum atomic E-state index is 4.44. The molecule has 2 heterocycles. The normalized spacial score (nSPS) is 12.1. The molecule has 0 saturated heterocycles. The molecule has 4 heteroatoms. The van der Waals surface area contributed by atoms with E-state index in [2.05, 4.69) is 47.3 Å². The second kappa shape index (κ2) is 5.53. The molecule has 0 spiro atoms. The first-order valence-corrected chi connectivity index (χ1v) is 6.68. The molecule has 4 nitrogen and oxygen atoms in total. The molecular weight excluding hydrogens is 236 g/mol. The molecule has 2 aromatic rings. The van der Waals surface area contributed by atoms with E-state index in [0.29, 0.717) is 0 Å². The Morgan fingerprint density at radius 3 is 2.63 bits per heavy atom. The average Bonchev–Trinajstić information content (AvgIpc) is 2.86.